The van der Waals surface area contributed by atoms with Crippen molar-refractivity contribution in [3.05, 3.63) is 29.3 Å². The van der Waals surface area contributed by atoms with Crippen LogP contribution in [0.1, 0.15) is 15.9 Å². The minimum Gasteiger partial charge on any atom is -0.467 e. The smallest absolute Gasteiger partial charge is 0.338 e. The Morgan fingerprint density at radius 2 is 2.07 bits per heavy atom. The molecule has 0 saturated carbocycles. The Kier molecular flexibility index (Phi) is 4.12. The third kappa shape index (κ3) is 2.70. The summed E-state index contributed by atoms with van der Waals surface area (Å²) in [6.45, 7) is 1.96. The maximum Gasteiger partial charge on any atom is 0.338 e. The summed E-state index contributed by atoms with van der Waals surface area (Å²) in [5, 5.41) is 0. The number of esters is 1. The molecule has 0 atom stereocenters. The highest BCUT2D eigenvalue weighted by Gasteiger charge is 2.12. The van der Waals surface area contributed by atoms with Crippen molar-refractivity contribution >= 4 is 5.97 Å². The molecular weight excluding hydrogens is 196 g/mol. The predicted octanol–water partition coefficient (Wildman–Crippen LogP) is 1.76. The Hall–Kier alpha value is -1.55. The summed E-state index contributed by atoms with van der Waals surface area (Å²) in [4.78, 5) is 11.4. The van der Waals surface area contributed by atoms with Crippen LogP contribution in [0.3, 0.4) is 0 Å². The highest BCUT2D eigenvalue weighted by Crippen LogP contribution is 2.21. The molecule has 1 aromatic carbocycles. The molecule has 0 saturated heterocycles. The van der Waals surface area contributed by atoms with E-state index in [4.69, 9.17) is 9.47 Å². The summed E-state index contributed by atoms with van der Waals surface area (Å²) in [5.74, 6) is 0.259. The molecule has 1 aromatic rings. The van der Waals surface area contributed by atoms with Gasteiger partial charge in [-0.15, -0.1) is 0 Å². The van der Waals surface area contributed by atoms with Crippen LogP contribution in [-0.4, -0.2) is 27.0 Å². The van der Waals surface area contributed by atoms with Crippen LogP contribution in [-0.2, 0) is 9.47 Å². The lowest BCUT2D eigenvalue weighted by molar-refractivity contribution is 0.0498. The van der Waals surface area contributed by atoms with Crippen LogP contribution in [0.5, 0.6) is 5.75 Å². The van der Waals surface area contributed by atoms with Crippen molar-refractivity contribution in [3.8, 4) is 5.75 Å². The van der Waals surface area contributed by atoms with Gasteiger partial charge in [0.05, 0.1) is 12.7 Å². The maximum atomic E-state index is 11.4. The van der Waals surface area contributed by atoms with E-state index in [2.05, 4.69) is 4.74 Å². The summed E-state index contributed by atoms with van der Waals surface area (Å²) in [6.07, 6.45) is 0. The number of hydrogen-bond acceptors (Lipinski definition) is 4. The molecule has 4 heteroatoms. The zero-order chi connectivity index (χ0) is 11.3. The molecule has 0 aliphatic heterocycles. The largest absolute Gasteiger partial charge is 0.467 e. The molecule has 0 aromatic heterocycles. The molecule has 0 unspecified atom stereocenters. The van der Waals surface area contributed by atoms with Gasteiger partial charge in [0.15, 0.2) is 6.79 Å². The van der Waals surface area contributed by atoms with Gasteiger partial charge in [0.2, 0.25) is 0 Å². The molecule has 15 heavy (non-hydrogen) atoms. The second-order valence-electron chi connectivity index (χ2n) is 2.97. The first kappa shape index (κ1) is 11.5. The van der Waals surface area contributed by atoms with E-state index < -0.39 is 0 Å². The average molecular weight is 210 g/mol. The first-order chi connectivity index (χ1) is 7.20. The van der Waals surface area contributed by atoms with Gasteiger partial charge in [0, 0.05) is 12.7 Å². The lowest BCUT2D eigenvalue weighted by Crippen LogP contribution is -2.06. The summed E-state index contributed by atoms with van der Waals surface area (Å²) < 4.78 is 14.7. The van der Waals surface area contributed by atoms with Crippen molar-refractivity contribution in [2.24, 2.45) is 0 Å². The third-order valence-electron chi connectivity index (χ3n) is 2.02. The molecule has 0 bridgehead atoms. The fourth-order valence-corrected chi connectivity index (χ4v) is 1.22. The topological polar surface area (TPSA) is 44.8 Å². The summed E-state index contributed by atoms with van der Waals surface area (Å²) in [6, 6.07) is 5.21. The van der Waals surface area contributed by atoms with Gasteiger partial charge in [-0.05, 0) is 19.1 Å². The number of benzene rings is 1. The molecule has 0 radical (unpaired) electrons. The van der Waals surface area contributed by atoms with Gasteiger partial charge in [-0.25, -0.2) is 4.79 Å². The molecule has 0 heterocycles. The fourth-order valence-electron chi connectivity index (χ4n) is 1.22. The van der Waals surface area contributed by atoms with Gasteiger partial charge in [-0.2, -0.15) is 0 Å². The van der Waals surface area contributed by atoms with E-state index >= 15 is 0 Å². The zero-order valence-electron chi connectivity index (χ0n) is 9.07. The van der Waals surface area contributed by atoms with E-state index in [0.717, 1.165) is 5.56 Å². The van der Waals surface area contributed by atoms with Crippen molar-refractivity contribution < 1.29 is 19.0 Å². The Labute approximate surface area is 88.8 Å². The molecule has 4 nitrogen and oxygen atoms in total. The zero-order valence-corrected chi connectivity index (χ0v) is 9.07. The minimum absolute atomic E-state index is 0.158. The number of hydrogen-bond donors (Lipinski definition) is 0. The molecule has 0 aliphatic rings. The molecule has 0 fully saturated rings. The van der Waals surface area contributed by atoms with Gasteiger partial charge >= 0.3 is 5.97 Å². The predicted molar refractivity (Wildman–Crippen MR) is 55.0 cm³/mol. The second kappa shape index (κ2) is 5.36. The standard InChI is InChI=1S/C11H14O4/c1-8-9(11(12)14-3)5-4-6-10(8)15-7-13-2/h4-6H,7H2,1-3H3. The lowest BCUT2D eigenvalue weighted by atomic mass is 10.1. The number of carbonyl (C=O) groups is 1. The van der Waals surface area contributed by atoms with Crippen molar-refractivity contribution in [2.45, 2.75) is 6.92 Å². The minimum atomic E-state index is -0.365. The number of rotatable bonds is 4. The Bertz CT molecular complexity index is 346. The average Bonchev–Trinajstić information content (AvgIpc) is 2.27. The number of methoxy groups -OCH3 is 2. The highest BCUT2D eigenvalue weighted by atomic mass is 16.7. The van der Waals surface area contributed by atoms with Crippen molar-refractivity contribution in [2.75, 3.05) is 21.0 Å². The van der Waals surface area contributed by atoms with Crippen LogP contribution in [0.25, 0.3) is 0 Å². The highest BCUT2D eigenvalue weighted by molar-refractivity contribution is 5.91. The molecule has 1 rings (SSSR count). The molecule has 82 valence electrons. The van der Waals surface area contributed by atoms with Crippen LogP contribution in [0.2, 0.25) is 0 Å². The van der Waals surface area contributed by atoms with Gasteiger partial charge in [0.25, 0.3) is 0 Å². The Morgan fingerprint density at radius 1 is 1.33 bits per heavy atom. The van der Waals surface area contributed by atoms with Crippen molar-refractivity contribution in [1.29, 1.82) is 0 Å². The quantitative estimate of drug-likeness (QED) is 0.561. The van der Waals surface area contributed by atoms with Crippen LogP contribution in [0, 0.1) is 6.92 Å². The van der Waals surface area contributed by atoms with Crippen LogP contribution in [0.4, 0.5) is 0 Å². The number of carbonyl (C=O) groups excluding carboxylic acids is 1. The van der Waals surface area contributed by atoms with Gasteiger partial charge in [-0.1, -0.05) is 6.07 Å². The van der Waals surface area contributed by atoms with Crippen LogP contribution in [0.15, 0.2) is 18.2 Å². The fraction of sp³-hybridized carbons (Fsp3) is 0.364. The van der Waals surface area contributed by atoms with E-state index in [1.807, 2.05) is 0 Å². The molecule has 0 aliphatic carbocycles. The van der Waals surface area contributed by atoms with Crippen LogP contribution >= 0.6 is 0 Å². The van der Waals surface area contributed by atoms with Gasteiger partial charge in [-0.3, -0.25) is 0 Å². The number of ether oxygens (including phenoxy) is 3. The molecule has 0 spiro atoms. The summed E-state index contributed by atoms with van der Waals surface area (Å²) >= 11 is 0. The summed E-state index contributed by atoms with van der Waals surface area (Å²) in [5.41, 5.74) is 1.26. The first-order valence-corrected chi connectivity index (χ1v) is 4.50. The van der Waals surface area contributed by atoms with Crippen molar-refractivity contribution in [3.63, 3.8) is 0 Å². The van der Waals surface area contributed by atoms with Gasteiger partial charge in [0.1, 0.15) is 5.75 Å². The SMILES string of the molecule is COCOc1cccc(C(=O)OC)c1C. The molecule has 0 N–H and O–H groups in total. The Morgan fingerprint density at radius 3 is 2.67 bits per heavy atom. The van der Waals surface area contributed by atoms with E-state index in [1.54, 1.807) is 32.2 Å². The lowest BCUT2D eigenvalue weighted by Gasteiger charge is -2.10. The van der Waals surface area contributed by atoms with E-state index in [-0.39, 0.29) is 12.8 Å². The first-order valence-electron chi connectivity index (χ1n) is 4.50. The summed E-state index contributed by atoms with van der Waals surface area (Å²) in [7, 11) is 2.89. The Balaban J connectivity index is 2.95. The van der Waals surface area contributed by atoms with E-state index in [0.29, 0.717) is 11.3 Å². The van der Waals surface area contributed by atoms with E-state index in [9.17, 15) is 4.79 Å². The third-order valence-corrected chi connectivity index (χ3v) is 2.02. The normalized spacial score (nSPS) is 9.80. The molecular formula is C11H14O4. The van der Waals surface area contributed by atoms with Crippen LogP contribution < -0.4 is 4.74 Å². The monoisotopic (exact) mass is 210 g/mol. The van der Waals surface area contributed by atoms with E-state index in [1.165, 1.54) is 7.11 Å². The van der Waals surface area contributed by atoms with Gasteiger partial charge < -0.3 is 14.2 Å². The second-order valence-corrected chi connectivity index (χ2v) is 2.97. The van der Waals surface area contributed by atoms with Crippen molar-refractivity contribution in [1.82, 2.24) is 0 Å². The maximum absolute atomic E-state index is 11.4. The molecule has 0 amide bonds.